The van der Waals surface area contributed by atoms with Gasteiger partial charge in [-0.2, -0.15) is 9.97 Å². The van der Waals surface area contributed by atoms with Crippen molar-refractivity contribution in [3.63, 3.8) is 0 Å². The van der Waals surface area contributed by atoms with Crippen molar-refractivity contribution in [3.8, 4) is 11.8 Å². The number of anilines is 2. The SMILES string of the molecule is O=C(COc1c(Cl)nc(OCc2cccnc2)nc1N1CCOCC1)Nc1ccccc1. The maximum absolute atomic E-state index is 12.3. The molecule has 1 aliphatic rings. The largest absolute Gasteiger partial charge is 0.477 e. The Morgan fingerprint density at radius 1 is 1.09 bits per heavy atom. The molecule has 10 heteroatoms. The Labute approximate surface area is 190 Å². The van der Waals surface area contributed by atoms with Crippen molar-refractivity contribution in [2.75, 3.05) is 43.1 Å². The Kier molecular flexibility index (Phi) is 7.31. The van der Waals surface area contributed by atoms with E-state index < -0.39 is 0 Å². The van der Waals surface area contributed by atoms with E-state index in [2.05, 4.69) is 20.3 Å². The van der Waals surface area contributed by atoms with Crippen LogP contribution < -0.4 is 19.7 Å². The van der Waals surface area contributed by atoms with E-state index in [1.54, 1.807) is 24.5 Å². The number of carbonyl (C=O) groups excluding carboxylic acids is 1. The van der Waals surface area contributed by atoms with Crippen LogP contribution in [0.5, 0.6) is 11.8 Å². The fraction of sp³-hybridized carbons (Fsp3) is 0.273. The second-order valence-corrected chi connectivity index (χ2v) is 7.26. The Hall–Kier alpha value is -3.43. The van der Waals surface area contributed by atoms with Crippen LogP contribution >= 0.6 is 11.6 Å². The number of halogens is 1. The number of nitrogens with zero attached hydrogens (tertiary/aromatic N) is 4. The first-order valence-corrected chi connectivity index (χ1v) is 10.5. The number of rotatable bonds is 8. The summed E-state index contributed by atoms with van der Waals surface area (Å²) >= 11 is 6.42. The van der Waals surface area contributed by atoms with Gasteiger partial charge in [-0.15, -0.1) is 0 Å². The predicted octanol–water partition coefficient (Wildman–Crippen LogP) is 2.96. The summed E-state index contributed by atoms with van der Waals surface area (Å²) in [6, 6.07) is 13.0. The Bertz CT molecular complexity index is 1030. The molecule has 2 aromatic heterocycles. The highest BCUT2D eigenvalue weighted by molar-refractivity contribution is 6.31. The number of hydrogen-bond acceptors (Lipinski definition) is 8. The fourth-order valence-electron chi connectivity index (χ4n) is 3.06. The normalized spacial score (nSPS) is 13.5. The summed E-state index contributed by atoms with van der Waals surface area (Å²) in [6.07, 6.45) is 3.39. The average molecular weight is 456 g/mol. The molecule has 0 atom stereocenters. The van der Waals surface area contributed by atoms with Crippen molar-refractivity contribution in [3.05, 3.63) is 65.6 Å². The van der Waals surface area contributed by atoms with Gasteiger partial charge in [0, 0.05) is 36.7 Å². The van der Waals surface area contributed by atoms with Crippen molar-refractivity contribution in [1.29, 1.82) is 0 Å². The van der Waals surface area contributed by atoms with Gasteiger partial charge in [-0.1, -0.05) is 35.9 Å². The topological polar surface area (TPSA) is 98.7 Å². The number of pyridine rings is 1. The molecule has 0 radical (unpaired) electrons. The van der Waals surface area contributed by atoms with E-state index in [9.17, 15) is 4.79 Å². The third-order valence-corrected chi connectivity index (χ3v) is 4.85. The van der Waals surface area contributed by atoms with Gasteiger partial charge in [-0.25, -0.2) is 0 Å². The van der Waals surface area contributed by atoms with Gasteiger partial charge in [0.25, 0.3) is 5.91 Å². The van der Waals surface area contributed by atoms with E-state index in [0.29, 0.717) is 37.8 Å². The van der Waals surface area contributed by atoms with Gasteiger partial charge in [-0.05, 0) is 18.2 Å². The number of morpholine rings is 1. The number of carbonyl (C=O) groups is 1. The molecular formula is C22H22ClN5O4. The van der Waals surface area contributed by atoms with E-state index in [1.165, 1.54) is 0 Å². The summed E-state index contributed by atoms with van der Waals surface area (Å²) in [6.45, 7) is 2.28. The third-order valence-electron chi connectivity index (χ3n) is 4.59. The van der Waals surface area contributed by atoms with Crippen LogP contribution in [0.25, 0.3) is 0 Å². The van der Waals surface area contributed by atoms with Crippen molar-refractivity contribution in [2.24, 2.45) is 0 Å². The van der Waals surface area contributed by atoms with Crippen molar-refractivity contribution in [2.45, 2.75) is 6.61 Å². The molecule has 0 saturated carbocycles. The van der Waals surface area contributed by atoms with Crippen molar-refractivity contribution >= 4 is 29.0 Å². The van der Waals surface area contributed by atoms with Crippen LogP contribution in [0.3, 0.4) is 0 Å². The van der Waals surface area contributed by atoms with E-state index in [0.717, 1.165) is 5.56 Å². The molecule has 3 heterocycles. The first kappa shape index (κ1) is 21.8. The third kappa shape index (κ3) is 5.83. The maximum atomic E-state index is 12.3. The summed E-state index contributed by atoms with van der Waals surface area (Å²) in [4.78, 5) is 27.1. The lowest BCUT2D eigenvalue weighted by atomic mass is 10.3. The van der Waals surface area contributed by atoms with Crippen LogP contribution in [0.4, 0.5) is 11.5 Å². The minimum absolute atomic E-state index is 0.0650. The van der Waals surface area contributed by atoms with Crippen molar-refractivity contribution in [1.82, 2.24) is 15.0 Å². The number of nitrogens with one attached hydrogen (secondary N) is 1. The number of para-hydroxylation sites is 1. The number of aromatic nitrogens is 3. The zero-order valence-corrected chi connectivity index (χ0v) is 18.0. The standard InChI is InChI=1S/C22H22ClN5O4/c23-20-19(31-15-18(29)25-17-6-2-1-3-7-17)21(28-9-11-30-12-10-28)27-22(26-20)32-14-16-5-4-8-24-13-16/h1-8,13H,9-12,14-15H2,(H,25,29). The molecule has 1 N–H and O–H groups in total. The van der Waals surface area contributed by atoms with Gasteiger partial charge in [-0.3, -0.25) is 9.78 Å². The van der Waals surface area contributed by atoms with Crippen LogP contribution in [0.15, 0.2) is 54.9 Å². The highest BCUT2D eigenvalue weighted by atomic mass is 35.5. The molecule has 166 valence electrons. The van der Waals surface area contributed by atoms with Gasteiger partial charge < -0.3 is 24.4 Å². The lowest BCUT2D eigenvalue weighted by molar-refractivity contribution is -0.118. The summed E-state index contributed by atoms with van der Waals surface area (Å²) in [5.41, 5.74) is 1.55. The lowest BCUT2D eigenvalue weighted by Crippen LogP contribution is -2.37. The number of hydrogen-bond donors (Lipinski definition) is 1. The number of ether oxygens (including phenoxy) is 3. The van der Waals surface area contributed by atoms with Gasteiger partial charge >= 0.3 is 6.01 Å². The summed E-state index contributed by atoms with van der Waals surface area (Å²) in [7, 11) is 0. The van der Waals surface area contributed by atoms with Crippen LogP contribution in [0.2, 0.25) is 5.15 Å². The van der Waals surface area contributed by atoms with Crippen LogP contribution in [0.1, 0.15) is 5.56 Å². The van der Waals surface area contributed by atoms with Gasteiger partial charge in [0.1, 0.15) is 6.61 Å². The number of amides is 1. The lowest BCUT2D eigenvalue weighted by Gasteiger charge is -2.29. The van der Waals surface area contributed by atoms with Gasteiger partial charge in [0.15, 0.2) is 23.3 Å². The molecule has 1 fully saturated rings. The van der Waals surface area contributed by atoms with E-state index >= 15 is 0 Å². The van der Waals surface area contributed by atoms with Crippen molar-refractivity contribution < 1.29 is 19.0 Å². The molecule has 0 unspecified atom stereocenters. The first-order chi connectivity index (χ1) is 15.7. The molecule has 1 aliphatic heterocycles. The quantitative estimate of drug-likeness (QED) is 0.517. The zero-order chi connectivity index (χ0) is 22.2. The molecule has 3 aromatic rings. The molecule has 4 rings (SSSR count). The highest BCUT2D eigenvalue weighted by Crippen LogP contribution is 2.35. The molecule has 32 heavy (non-hydrogen) atoms. The predicted molar refractivity (Wildman–Crippen MR) is 119 cm³/mol. The average Bonchev–Trinajstić information content (AvgIpc) is 2.83. The zero-order valence-electron chi connectivity index (χ0n) is 17.2. The molecule has 0 spiro atoms. The molecule has 1 saturated heterocycles. The molecule has 1 aromatic carbocycles. The monoisotopic (exact) mass is 455 g/mol. The molecule has 0 bridgehead atoms. The Balaban J connectivity index is 1.49. The van der Waals surface area contributed by atoms with Gasteiger partial charge in [0.2, 0.25) is 0 Å². The van der Waals surface area contributed by atoms with Crippen LogP contribution in [-0.4, -0.2) is 53.8 Å². The first-order valence-electron chi connectivity index (χ1n) is 10.1. The van der Waals surface area contributed by atoms with Crippen LogP contribution in [-0.2, 0) is 16.1 Å². The van der Waals surface area contributed by atoms with E-state index in [-0.39, 0.29) is 36.0 Å². The van der Waals surface area contributed by atoms with Crippen LogP contribution in [0, 0.1) is 0 Å². The fourth-order valence-corrected chi connectivity index (χ4v) is 3.27. The smallest absolute Gasteiger partial charge is 0.320 e. The second-order valence-electron chi connectivity index (χ2n) is 6.90. The Morgan fingerprint density at radius 2 is 1.91 bits per heavy atom. The minimum Gasteiger partial charge on any atom is -0.477 e. The van der Waals surface area contributed by atoms with Gasteiger partial charge in [0.05, 0.1) is 13.2 Å². The summed E-state index contributed by atoms with van der Waals surface area (Å²) in [5, 5.41) is 2.83. The molecule has 9 nitrogen and oxygen atoms in total. The minimum atomic E-state index is -0.322. The second kappa shape index (κ2) is 10.7. The summed E-state index contributed by atoms with van der Waals surface area (Å²) in [5.74, 6) is 0.365. The molecule has 1 amide bonds. The highest BCUT2D eigenvalue weighted by Gasteiger charge is 2.23. The number of benzene rings is 1. The maximum Gasteiger partial charge on any atom is 0.320 e. The molecular weight excluding hydrogens is 434 g/mol. The molecule has 0 aliphatic carbocycles. The Morgan fingerprint density at radius 3 is 2.66 bits per heavy atom. The van der Waals surface area contributed by atoms with E-state index in [4.69, 9.17) is 25.8 Å². The van der Waals surface area contributed by atoms with E-state index in [1.807, 2.05) is 35.2 Å². The summed E-state index contributed by atoms with van der Waals surface area (Å²) < 4.78 is 16.9.